The zero-order valence-corrected chi connectivity index (χ0v) is 12.8. The van der Waals surface area contributed by atoms with Crippen molar-refractivity contribution in [2.75, 3.05) is 19.0 Å². The summed E-state index contributed by atoms with van der Waals surface area (Å²) in [5.74, 6) is 0. The minimum Gasteiger partial charge on any atom is -0.258 e. The van der Waals surface area contributed by atoms with Crippen molar-refractivity contribution >= 4 is 38.0 Å². The van der Waals surface area contributed by atoms with Crippen molar-refractivity contribution in [1.82, 2.24) is 4.37 Å². The topological polar surface area (TPSA) is 44.7 Å². The lowest BCUT2D eigenvalue weighted by molar-refractivity contribution is -0.653. The standard InChI is InChI=1S/C11H16N5S2/c1-7-8(2)14-18-10(7)13-12-9-6-16(5)11(17-9)15(3)4/h6H,1-5H3/q+1. The van der Waals surface area contributed by atoms with Gasteiger partial charge in [0.15, 0.2) is 10.0 Å². The van der Waals surface area contributed by atoms with Gasteiger partial charge in [-0.2, -0.15) is 4.37 Å². The second-order valence-electron chi connectivity index (χ2n) is 4.26. The van der Waals surface area contributed by atoms with Gasteiger partial charge in [0.05, 0.1) is 26.8 Å². The maximum atomic E-state index is 4.28. The van der Waals surface area contributed by atoms with Gasteiger partial charge in [0.2, 0.25) is 0 Å². The van der Waals surface area contributed by atoms with Gasteiger partial charge in [-0.1, -0.05) is 0 Å². The van der Waals surface area contributed by atoms with Gasteiger partial charge >= 0.3 is 5.13 Å². The highest BCUT2D eigenvalue weighted by molar-refractivity contribution is 7.18. The first-order valence-corrected chi connectivity index (χ1v) is 7.09. The molecule has 0 fully saturated rings. The Labute approximate surface area is 115 Å². The van der Waals surface area contributed by atoms with Crippen molar-refractivity contribution in [3.8, 4) is 0 Å². The van der Waals surface area contributed by atoms with Crippen LogP contribution in [0.1, 0.15) is 11.3 Å². The molecule has 0 aromatic carbocycles. The Kier molecular flexibility index (Phi) is 3.72. The van der Waals surface area contributed by atoms with Gasteiger partial charge in [-0.25, -0.2) is 4.57 Å². The molecule has 0 aliphatic rings. The lowest BCUT2D eigenvalue weighted by atomic mass is 10.3. The monoisotopic (exact) mass is 282 g/mol. The maximum absolute atomic E-state index is 4.28. The van der Waals surface area contributed by atoms with Crippen LogP contribution in [0, 0.1) is 13.8 Å². The average molecular weight is 282 g/mol. The van der Waals surface area contributed by atoms with Gasteiger partial charge in [-0.15, -0.1) is 10.2 Å². The normalized spacial score (nSPS) is 11.4. The lowest BCUT2D eigenvalue weighted by Gasteiger charge is -1.99. The number of thiazole rings is 1. The molecular weight excluding hydrogens is 266 g/mol. The summed E-state index contributed by atoms with van der Waals surface area (Å²) in [5.41, 5.74) is 2.14. The summed E-state index contributed by atoms with van der Waals surface area (Å²) in [6, 6.07) is 0. The van der Waals surface area contributed by atoms with Crippen molar-refractivity contribution in [3.63, 3.8) is 0 Å². The number of aryl methyl sites for hydroxylation is 2. The molecule has 7 heteroatoms. The number of nitrogens with zero attached hydrogens (tertiary/aromatic N) is 5. The van der Waals surface area contributed by atoms with E-state index < -0.39 is 0 Å². The molecule has 0 atom stereocenters. The Hall–Kier alpha value is -1.34. The molecule has 5 nitrogen and oxygen atoms in total. The SMILES string of the molecule is Cc1nsc(N=Nc2c[n+](C)c(N(C)C)s2)c1C. The number of hydrogen-bond acceptors (Lipinski definition) is 6. The first-order valence-electron chi connectivity index (χ1n) is 5.50. The van der Waals surface area contributed by atoms with Crippen molar-refractivity contribution in [1.29, 1.82) is 0 Å². The summed E-state index contributed by atoms with van der Waals surface area (Å²) in [4.78, 5) is 2.06. The lowest BCUT2D eigenvalue weighted by Crippen LogP contribution is -2.31. The fourth-order valence-electron chi connectivity index (χ4n) is 1.46. The first kappa shape index (κ1) is 13.1. The van der Waals surface area contributed by atoms with Crippen LogP contribution in [-0.2, 0) is 7.05 Å². The van der Waals surface area contributed by atoms with Gasteiger partial charge < -0.3 is 0 Å². The molecule has 2 rings (SSSR count). The summed E-state index contributed by atoms with van der Waals surface area (Å²) in [7, 11) is 6.04. The number of rotatable bonds is 3. The van der Waals surface area contributed by atoms with E-state index in [0.29, 0.717) is 0 Å². The molecule has 0 aliphatic carbocycles. The largest absolute Gasteiger partial charge is 0.337 e. The predicted molar refractivity (Wildman–Crippen MR) is 75.6 cm³/mol. The van der Waals surface area contributed by atoms with E-state index in [1.807, 2.05) is 45.8 Å². The van der Waals surface area contributed by atoms with Crippen LogP contribution in [0.3, 0.4) is 0 Å². The Morgan fingerprint density at radius 2 is 2.00 bits per heavy atom. The molecule has 96 valence electrons. The van der Waals surface area contributed by atoms with Crippen molar-refractivity contribution in [2.45, 2.75) is 13.8 Å². The van der Waals surface area contributed by atoms with Crippen LogP contribution in [0.2, 0.25) is 0 Å². The van der Waals surface area contributed by atoms with Crippen LogP contribution < -0.4 is 9.47 Å². The molecule has 0 aliphatic heterocycles. The van der Waals surface area contributed by atoms with E-state index >= 15 is 0 Å². The van der Waals surface area contributed by atoms with E-state index in [2.05, 4.69) is 19.5 Å². The first-order chi connectivity index (χ1) is 8.49. The molecule has 0 N–H and O–H groups in total. The van der Waals surface area contributed by atoms with Crippen LogP contribution >= 0.6 is 22.9 Å². The number of azo groups is 1. The molecule has 2 aromatic heterocycles. The molecule has 0 unspecified atom stereocenters. The summed E-state index contributed by atoms with van der Waals surface area (Å²) in [6.07, 6.45) is 1.98. The second kappa shape index (κ2) is 5.11. The highest BCUT2D eigenvalue weighted by Crippen LogP contribution is 2.31. The van der Waals surface area contributed by atoms with Crippen molar-refractivity contribution in [3.05, 3.63) is 17.5 Å². The van der Waals surface area contributed by atoms with E-state index in [9.17, 15) is 0 Å². The maximum Gasteiger partial charge on any atom is 0.337 e. The van der Waals surface area contributed by atoms with Crippen LogP contribution in [-0.4, -0.2) is 18.5 Å². The van der Waals surface area contributed by atoms with Crippen LogP contribution in [0.25, 0.3) is 0 Å². The Morgan fingerprint density at radius 1 is 1.28 bits per heavy atom. The van der Waals surface area contributed by atoms with Crippen LogP contribution in [0.15, 0.2) is 16.4 Å². The van der Waals surface area contributed by atoms with E-state index in [1.54, 1.807) is 11.3 Å². The zero-order chi connectivity index (χ0) is 13.3. The third kappa shape index (κ3) is 2.56. The summed E-state index contributed by atoms with van der Waals surface area (Å²) in [6.45, 7) is 4.01. The number of hydrogen-bond donors (Lipinski definition) is 0. The summed E-state index contributed by atoms with van der Waals surface area (Å²) >= 11 is 3.00. The molecule has 18 heavy (non-hydrogen) atoms. The number of anilines is 1. The quantitative estimate of drug-likeness (QED) is 0.641. The fraction of sp³-hybridized carbons (Fsp3) is 0.455. The molecular formula is C11H16N5S2+. The smallest absolute Gasteiger partial charge is 0.258 e. The van der Waals surface area contributed by atoms with Crippen molar-refractivity contribution in [2.24, 2.45) is 17.3 Å². The summed E-state index contributed by atoms with van der Waals surface area (Å²) in [5, 5.41) is 11.5. The molecule has 0 saturated heterocycles. The highest BCUT2D eigenvalue weighted by Gasteiger charge is 2.14. The van der Waals surface area contributed by atoms with Crippen LogP contribution in [0.4, 0.5) is 15.1 Å². The van der Waals surface area contributed by atoms with E-state index in [1.165, 1.54) is 11.5 Å². The zero-order valence-electron chi connectivity index (χ0n) is 11.1. The van der Waals surface area contributed by atoms with Gasteiger partial charge in [-0.3, -0.25) is 4.90 Å². The Morgan fingerprint density at radius 3 is 2.50 bits per heavy atom. The minimum absolute atomic E-state index is 0.884. The van der Waals surface area contributed by atoms with Gasteiger partial charge in [0, 0.05) is 5.56 Å². The predicted octanol–water partition coefficient (Wildman–Crippen LogP) is 3.13. The van der Waals surface area contributed by atoms with E-state index in [0.717, 1.165) is 26.4 Å². The molecule has 0 amide bonds. The third-order valence-corrected chi connectivity index (χ3v) is 4.71. The minimum atomic E-state index is 0.884. The van der Waals surface area contributed by atoms with E-state index in [-0.39, 0.29) is 0 Å². The molecule has 0 saturated carbocycles. The highest BCUT2D eigenvalue weighted by atomic mass is 32.1. The van der Waals surface area contributed by atoms with Gasteiger partial charge in [-0.05, 0) is 36.7 Å². The molecule has 2 aromatic rings. The molecule has 2 heterocycles. The van der Waals surface area contributed by atoms with E-state index in [4.69, 9.17) is 0 Å². The number of aromatic nitrogens is 2. The second-order valence-corrected chi connectivity index (χ2v) is 5.99. The molecule has 0 bridgehead atoms. The van der Waals surface area contributed by atoms with Crippen molar-refractivity contribution < 1.29 is 4.57 Å². The van der Waals surface area contributed by atoms with Crippen LogP contribution in [0.5, 0.6) is 0 Å². The third-order valence-electron chi connectivity index (χ3n) is 2.56. The molecule has 0 spiro atoms. The summed E-state index contributed by atoms with van der Waals surface area (Å²) < 4.78 is 6.30. The fourth-order valence-corrected chi connectivity index (χ4v) is 3.04. The van der Waals surface area contributed by atoms with Gasteiger partial charge in [0.1, 0.15) is 6.20 Å². The molecule has 0 radical (unpaired) electrons. The Balaban J connectivity index is 2.24. The van der Waals surface area contributed by atoms with Gasteiger partial charge in [0.25, 0.3) is 0 Å². The average Bonchev–Trinajstić information content (AvgIpc) is 2.82. The Bertz CT molecular complexity index is 582.